The van der Waals surface area contributed by atoms with Gasteiger partial charge in [0.25, 0.3) is 0 Å². The number of carbonyl (C=O) groups excluding carboxylic acids is 1. The Morgan fingerprint density at radius 3 is 2.64 bits per heavy atom. The van der Waals surface area contributed by atoms with E-state index >= 15 is 0 Å². The van der Waals surface area contributed by atoms with Crippen molar-refractivity contribution in [2.24, 2.45) is 0 Å². The fraction of sp³-hybridized carbons (Fsp3) is 0.588. The minimum Gasteiger partial charge on any atom is -0.393 e. The zero-order valence-corrected chi connectivity index (χ0v) is 15.0. The maximum atomic E-state index is 12.2. The van der Waals surface area contributed by atoms with Gasteiger partial charge in [0.2, 0.25) is 0 Å². The van der Waals surface area contributed by atoms with Crippen molar-refractivity contribution < 1.29 is 9.90 Å². The Hall–Kier alpha value is -1.20. The maximum absolute atomic E-state index is 12.2. The Balaban J connectivity index is 2.68. The van der Waals surface area contributed by atoms with Gasteiger partial charge in [-0.25, -0.2) is 4.79 Å². The fourth-order valence-corrected chi connectivity index (χ4v) is 2.75. The summed E-state index contributed by atoms with van der Waals surface area (Å²) in [6, 6.07) is 5.88. The zero-order chi connectivity index (χ0) is 16.7. The standard InChI is InChI=1S/C17H28N2O2S/c1-12(2)22-11-15-7-6-8-16(14(15)4)18-17(21)19(5)10-9-13(3)20/h6-8,12-13,20H,9-11H2,1-5H3,(H,18,21). The molecule has 5 heteroatoms. The first-order chi connectivity index (χ1) is 10.3. The normalized spacial score (nSPS) is 12.3. The van der Waals surface area contributed by atoms with Crippen LogP contribution in [0.2, 0.25) is 0 Å². The van der Waals surface area contributed by atoms with Crippen molar-refractivity contribution in [3.8, 4) is 0 Å². The number of nitrogens with one attached hydrogen (secondary N) is 1. The van der Waals surface area contributed by atoms with Gasteiger partial charge in [-0.1, -0.05) is 26.0 Å². The molecule has 124 valence electrons. The van der Waals surface area contributed by atoms with Gasteiger partial charge in [-0.2, -0.15) is 11.8 Å². The highest BCUT2D eigenvalue weighted by molar-refractivity contribution is 7.99. The number of amides is 2. The molecule has 0 aliphatic carbocycles. The zero-order valence-electron chi connectivity index (χ0n) is 14.2. The van der Waals surface area contributed by atoms with Crippen LogP contribution in [0.1, 0.15) is 38.3 Å². The van der Waals surface area contributed by atoms with E-state index in [4.69, 9.17) is 0 Å². The number of thioether (sulfide) groups is 1. The smallest absolute Gasteiger partial charge is 0.321 e. The second-order valence-corrected chi connectivity index (χ2v) is 7.50. The van der Waals surface area contributed by atoms with E-state index in [2.05, 4.69) is 25.2 Å². The van der Waals surface area contributed by atoms with Crippen molar-refractivity contribution in [3.05, 3.63) is 29.3 Å². The molecule has 2 N–H and O–H groups in total. The van der Waals surface area contributed by atoms with E-state index in [0.717, 1.165) is 17.0 Å². The summed E-state index contributed by atoms with van der Waals surface area (Å²) in [4.78, 5) is 13.8. The molecule has 0 saturated heterocycles. The molecule has 0 radical (unpaired) electrons. The lowest BCUT2D eigenvalue weighted by Crippen LogP contribution is -2.33. The molecule has 1 aromatic rings. The highest BCUT2D eigenvalue weighted by atomic mass is 32.2. The third-order valence-corrected chi connectivity index (χ3v) is 4.63. The SMILES string of the molecule is Cc1c(CSC(C)C)cccc1NC(=O)N(C)CCC(C)O. The molecule has 0 aliphatic rings. The molecule has 0 bridgehead atoms. The van der Waals surface area contributed by atoms with Gasteiger partial charge in [0.15, 0.2) is 0 Å². The maximum Gasteiger partial charge on any atom is 0.321 e. The van der Waals surface area contributed by atoms with E-state index in [1.165, 1.54) is 5.56 Å². The molecule has 22 heavy (non-hydrogen) atoms. The molecule has 0 aromatic heterocycles. The summed E-state index contributed by atoms with van der Waals surface area (Å²) in [7, 11) is 1.74. The summed E-state index contributed by atoms with van der Waals surface area (Å²) in [6.45, 7) is 8.67. The number of rotatable bonds is 7. The molecular weight excluding hydrogens is 296 g/mol. The number of hydrogen-bond acceptors (Lipinski definition) is 3. The Morgan fingerprint density at radius 1 is 1.36 bits per heavy atom. The van der Waals surface area contributed by atoms with Crippen LogP contribution < -0.4 is 5.32 Å². The predicted octanol–water partition coefficient (Wildman–Crippen LogP) is 3.87. The lowest BCUT2D eigenvalue weighted by atomic mass is 10.1. The molecule has 4 nitrogen and oxygen atoms in total. The van der Waals surface area contributed by atoms with Crippen LogP contribution in [0.5, 0.6) is 0 Å². The number of benzene rings is 1. The Bertz CT molecular complexity index is 490. The third-order valence-electron chi connectivity index (χ3n) is 3.49. The highest BCUT2D eigenvalue weighted by Gasteiger charge is 2.12. The average molecular weight is 324 g/mol. The van der Waals surface area contributed by atoms with Crippen molar-refractivity contribution in [1.82, 2.24) is 4.90 Å². The van der Waals surface area contributed by atoms with Gasteiger partial charge in [-0.15, -0.1) is 0 Å². The summed E-state index contributed by atoms with van der Waals surface area (Å²) in [5.41, 5.74) is 3.23. The number of anilines is 1. The highest BCUT2D eigenvalue weighted by Crippen LogP contribution is 2.25. The van der Waals surface area contributed by atoms with Crippen molar-refractivity contribution in [3.63, 3.8) is 0 Å². The van der Waals surface area contributed by atoms with Crippen molar-refractivity contribution in [1.29, 1.82) is 0 Å². The largest absolute Gasteiger partial charge is 0.393 e. The van der Waals surface area contributed by atoms with Crippen LogP contribution in [0.25, 0.3) is 0 Å². The van der Waals surface area contributed by atoms with Gasteiger partial charge in [0, 0.05) is 25.0 Å². The number of aliphatic hydroxyl groups excluding tert-OH is 1. The number of aliphatic hydroxyl groups is 1. The van der Waals surface area contributed by atoms with Crippen molar-refractivity contribution >= 4 is 23.5 Å². The molecule has 0 spiro atoms. The van der Waals surface area contributed by atoms with Crippen molar-refractivity contribution in [2.75, 3.05) is 18.9 Å². The van der Waals surface area contributed by atoms with E-state index in [-0.39, 0.29) is 6.03 Å². The van der Waals surface area contributed by atoms with Crippen LogP contribution in [0.4, 0.5) is 10.5 Å². The first kappa shape index (κ1) is 18.8. The van der Waals surface area contributed by atoms with E-state index in [0.29, 0.717) is 18.2 Å². The van der Waals surface area contributed by atoms with Gasteiger partial charge in [0.1, 0.15) is 0 Å². The van der Waals surface area contributed by atoms with Gasteiger partial charge < -0.3 is 15.3 Å². The minimum atomic E-state index is -0.395. The molecule has 0 heterocycles. The summed E-state index contributed by atoms with van der Waals surface area (Å²) in [5, 5.41) is 12.8. The second-order valence-electron chi connectivity index (χ2n) is 5.94. The van der Waals surface area contributed by atoms with Crippen LogP contribution >= 0.6 is 11.8 Å². The lowest BCUT2D eigenvalue weighted by Gasteiger charge is -2.20. The summed E-state index contributed by atoms with van der Waals surface area (Å²) in [6.07, 6.45) is 0.182. The quantitative estimate of drug-likeness (QED) is 0.800. The van der Waals surface area contributed by atoms with Crippen LogP contribution in [0.15, 0.2) is 18.2 Å². The van der Waals surface area contributed by atoms with Crippen molar-refractivity contribution in [2.45, 2.75) is 51.2 Å². The monoisotopic (exact) mass is 324 g/mol. The molecule has 0 saturated carbocycles. The molecule has 1 atom stereocenters. The van der Waals surface area contributed by atoms with Gasteiger partial charge >= 0.3 is 6.03 Å². The molecule has 2 amide bonds. The predicted molar refractivity (Wildman–Crippen MR) is 95.6 cm³/mol. The van der Waals surface area contributed by atoms with Crippen LogP contribution in [-0.4, -0.2) is 41.0 Å². The summed E-state index contributed by atoms with van der Waals surface area (Å²) >= 11 is 1.89. The Kier molecular flexibility index (Phi) is 7.76. The van der Waals surface area contributed by atoms with Gasteiger partial charge in [-0.05, 0) is 42.7 Å². The van der Waals surface area contributed by atoms with Crippen LogP contribution in [-0.2, 0) is 5.75 Å². The van der Waals surface area contributed by atoms with E-state index in [1.54, 1.807) is 18.9 Å². The van der Waals surface area contributed by atoms with Crippen LogP contribution in [0, 0.1) is 6.92 Å². The van der Waals surface area contributed by atoms with Gasteiger partial charge in [-0.3, -0.25) is 0 Å². The average Bonchev–Trinajstić information content (AvgIpc) is 2.45. The number of nitrogens with zero attached hydrogens (tertiary/aromatic N) is 1. The van der Waals surface area contributed by atoms with Gasteiger partial charge in [0.05, 0.1) is 6.10 Å². The number of urea groups is 1. The summed E-state index contributed by atoms with van der Waals surface area (Å²) in [5.74, 6) is 0.949. The first-order valence-corrected chi connectivity index (χ1v) is 8.76. The minimum absolute atomic E-state index is 0.141. The lowest BCUT2D eigenvalue weighted by molar-refractivity contribution is 0.167. The van der Waals surface area contributed by atoms with E-state index < -0.39 is 6.10 Å². The summed E-state index contributed by atoms with van der Waals surface area (Å²) < 4.78 is 0. The second kappa shape index (κ2) is 9.06. The molecule has 1 aromatic carbocycles. The van der Waals surface area contributed by atoms with E-state index in [1.807, 2.05) is 30.8 Å². The molecule has 1 rings (SSSR count). The molecule has 0 aliphatic heterocycles. The fourth-order valence-electron chi connectivity index (χ4n) is 1.92. The first-order valence-electron chi connectivity index (χ1n) is 7.71. The number of carbonyl (C=O) groups is 1. The van der Waals surface area contributed by atoms with E-state index in [9.17, 15) is 9.90 Å². The molecule has 0 fully saturated rings. The third kappa shape index (κ3) is 6.28. The number of hydrogen-bond donors (Lipinski definition) is 2. The Morgan fingerprint density at radius 2 is 2.05 bits per heavy atom. The molecular formula is C17H28N2O2S. The Labute approximate surface area is 138 Å². The topological polar surface area (TPSA) is 52.6 Å². The molecule has 1 unspecified atom stereocenters. The van der Waals surface area contributed by atoms with Crippen LogP contribution in [0.3, 0.4) is 0 Å².